The van der Waals surface area contributed by atoms with Gasteiger partial charge in [-0.2, -0.15) is 5.10 Å². The first-order chi connectivity index (χ1) is 11.6. The Morgan fingerprint density at radius 2 is 1.92 bits per heavy atom. The molecule has 0 bridgehead atoms. The number of anilines is 1. The highest BCUT2D eigenvalue weighted by atomic mass is 19.1. The molecule has 0 aliphatic carbocycles. The Labute approximate surface area is 139 Å². The van der Waals surface area contributed by atoms with E-state index in [1.165, 1.54) is 18.3 Å². The SMILES string of the molecule is CCCC(=O)Nc1ccc(C(=O)N/N=C/c2cccc(F)c2)cc1. The summed E-state index contributed by atoms with van der Waals surface area (Å²) >= 11 is 0. The summed E-state index contributed by atoms with van der Waals surface area (Å²) in [6.07, 6.45) is 2.59. The molecule has 0 radical (unpaired) electrons. The lowest BCUT2D eigenvalue weighted by Gasteiger charge is -2.05. The highest BCUT2D eigenvalue weighted by molar-refractivity contribution is 5.96. The van der Waals surface area contributed by atoms with Crippen LogP contribution in [-0.4, -0.2) is 18.0 Å². The molecule has 2 aromatic carbocycles. The standard InChI is InChI=1S/C18H18FN3O2/c1-2-4-17(23)21-16-9-7-14(8-10-16)18(24)22-20-12-13-5-3-6-15(19)11-13/h3,5-12H,2,4H2,1H3,(H,21,23)(H,22,24)/b20-12+. The van der Waals surface area contributed by atoms with Crippen molar-refractivity contribution in [2.75, 3.05) is 5.32 Å². The number of amides is 2. The summed E-state index contributed by atoms with van der Waals surface area (Å²) in [5.74, 6) is -0.825. The van der Waals surface area contributed by atoms with E-state index in [1.54, 1.807) is 36.4 Å². The van der Waals surface area contributed by atoms with Crippen LogP contribution in [0.4, 0.5) is 10.1 Å². The Balaban J connectivity index is 1.91. The van der Waals surface area contributed by atoms with Gasteiger partial charge in [0.05, 0.1) is 6.21 Å². The predicted molar refractivity (Wildman–Crippen MR) is 91.4 cm³/mol. The Hall–Kier alpha value is -3.02. The van der Waals surface area contributed by atoms with Crippen molar-refractivity contribution in [1.29, 1.82) is 0 Å². The fourth-order valence-corrected chi connectivity index (χ4v) is 1.97. The maximum Gasteiger partial charge on any atom is 0.271 e. The molecule has 0 spiro atoms. The summed E-state index contributed by atoms with van der Waals surface area (Å²) in [5, 5.41) is 6.54. The summed E-state index contributed by atoms with van der Waals surface area (Å²) in [7, 11) is 0. The van der Waals surface area contributed by atoms with Crippen LogP contribution < -0.4 is 10.7 Å². The van der Waals surface area contributed by atoms with Gasteiger partial charge in [0.1, 0.15) is 5.82 Å². The average Bonchev–Trinajstić information content (AvgIpc) is 2.55. The molecule has 0 aliphatic heterocycles. The second kappa shape index (κ2) is 8.57. The van der Waals surface area contributed by atoms with E-state index in [0.29, 0.717) is 23.2 Å². The minimum Gasteiger partial charge on any atom is -0.326 e. The molecule has 0 atom stereocenters. The smallest absolute Gasteiger partial charge is 0.271 e. The van der Waals surface area contributed by atoms with Crippen LogP contribution in [-0.2, 0) is 4.79 Å². The maximum atomic E-state index is 13.0. The Kier molecular flexibility index (Phi) is 6.19. The van der Waals surface area contributed by atoms with Gasteiger partial charge in [-0.1, -0.05) is 19.1 Å². The second-order valence-corrected chi connectivity index (χ2v) is 5.13. The molecule has 24 heavy (non-hydrogen) atoms. The molecular weight excluding hydrogens is 309 g/mol. The molecule has 2 aromatic rings. The third-order valence-corrected chi connectivity index (χ3v) is 3.14. The molecule has 0 saturated heterocycles. The molecule has 0 heterocycles. The number of nitrogens with zero attached hydrogens (tertiary/aromatic N) is 1. The van der Waals surface area contributed by atoms with Gasteiger partial charge in [-0.15, -0.1) is 0 Å². The zero-order valence-corrected chi connectivity index (χ0v) is 13.3. The fraction of sp³-hybridized carbons (Fsp3) is 0.167. The topological polar surface area (TPSA) is 70.6 Å². The van der Waals surface area contributed by atoms with E-state index < -0.39 is 5.91 Å². The lowest BCUT2D eigenvalue weighted by Crippen LogP contribution is -2.17. The lowest BCUT2D eigenvalue weighted by molar-refractivity contribution is -0.116. The van der Waals surface area contributed by atoms with E-state index in [1.807, 2.05) is 6.92 Å². The normalized spacial score (nSPS) is 10.6. The largest absolute Gasteiger partial charge is 0.326 e. The summed E-state index contributed by atoms with van der Waals surface area (Å²) in [5.41, 5.74) is 3.95. The van der Waals surface area contributed by atoms with Gasteiger partial charge in [0.2, 0.25) is 5.91 Å². The highest BCUT2D eigenvalue weighted by Crippen LogP contribution is 2.10. The zero-order chi connectivity index (χ0) is 17.4. The molecule has 0 saturated carbocycles. The van der Waals surface area contributed by atoms with Gasteiger partial charge in [-0.25, -0.2) is 9.82 Å². The van der Waals surface area contributed by atoms with Crippen molar-refractivity contribution >= 4 is 23.7 Å². The number of halogens is 1. The molecule has 6 heteroatoms. The van der Waals surface area contributed by atoms with Crippen molar-refractivity contribution in [3.63, 3.8) is 0 Å². The van der Waals surface area contributed by atoms with E-state index in [9.17, 15) is 14.0 Å². The van der Waals surface area contributed by atoms with Crippen molar-refractivity contribution in [3.8, 4) is 0 Å². The minimum absolute atomic E-state index is 0.0607. The number of carbonyl (C=O) groups excluding carboxylic acids is 2. The quantitative estimate of drug-likeness (QED) is 0.631. The monoisotopic (exact) mass is 327 g/mol. The van der Waals surface area contributed by atoms with E-state index in [-0.39, 0.29) is 11.7 Å². The van der Waals surface area contributed by atoms with Gasteiger partial charge in [0.25, 0.3) is 5.91 Å². The number of hydrogen-bond donors (Lipinski definition) is 2. The van der Waals surface area contributed by atoms with Crippen LogP contribution in [0.25, 0.3) is 0 Å². The van der Waals surface area contributed by atoms with Gasteiger partial charge in [-0.05, 0) is 48.4 Å². The number of carbonyl (C=O) groups is 2. The van der Waals surface area contributed by atoms with Crippen LogP contribution in [0.5, 0.6) is 0 Å². The van der Waals surface area contributed by atoms with Gasteiger partial charge >= 0.3 is 0 Å². The van der Waals surface area contributed by atoms with Gasteiger partial charge in [0.15, 0.2) is 0 Å². The molecule has 124 valence electrons. The predicted octanol–water partition coefficient (Wildman–Crippen LogP) is 3.33. The minimum atomic E-state index is -0.394. The van der Waals surface area contributed by atoms with Crippen LogP contribution in [0.15, 0.2) is 53.6 Å². The molecule has 2 amide bonds. The summed E-state index contributed by atoms with van der Waals surface area (Å²) < 4.78 is 13.0. The van der Waals surface area contributed by atoms with Crippen LogP contribution >= 0.6 is 0 Å². The Morgan fingerprint density at radius 1 is 1.17 bits per heavy atom. The maximum absolute atomic E-state index is 13.0. The molecular formula is C18H18FN3O2. The number of benzene rings is 2. The van der Waals surface area contributed by atoms with Crippen LogP contribution in [0.2, 0.25) is 0 Å². The lowest BCUT2D eigenvalue weighted by atomic mass is 10.2. The van der Waals surface area contributed by atoms with Gasteiger partial charge < -0.3 is 5.32 Å². The van der Waals surface area contributed by atoms with Crippen molar-refractivity contribution in [3.05, 3.63) is 65.5 Å². The average molecular weight is 327 g/mol. The molecule has 0 aromatic heterocycles. The molecule has 0 unspecified atom stereocenters. The fourth-order valence-electron chi connectivity index (χ4n) is 1.97. The Bertz CT molecular complexity index is 742. The summed E-state index contributed by atoms with van der Waals surface area (Å²) in [4.78, 5) is 23.4. The van der Waals surface area contributed by atoms with Gasteiger partial charge in [0, 0.05) is 17.7 Å². The summed E-state index contributed by atoms with van der Waals surface area (Å²) in [6, 6.07) is 12.4. The van der Waals surface area contributed by atoms with Crippen LogP contribution in [0.1, 0.15) is 35.7 Å². The first-order valence-corrected chi connectivity index (χ1v) is 7.57. The van der Waals surface area contributed by atoms with Crippen molar-refractivity contribution in [2.45, 2.75) is 19.8 Å². The van der Waals surface area contributed by atoms with Crippen molar-refractivity contribution < 1.29 is 14.0 Å². The molecule has 5 nitrogen and oxygen atoms in total. The van der Waals surface area contributed by atoms with Crippen molar-refractivity contribution in [2.24, 2.45) is 5.10 Å². The third-order valence-electron chi connectivity index (χ3n) is 3.14. The van der Waals surface area contributed by atoms with E-state index in [0.717, 1.165) is 6.42 Å². The van der Waals surface area contributed by atoms with Crippen LogP contribution in [0.3, 0.4) is 0 Å². The van der Waals surface area contributed by atoms with Crippen molar-refractivity contribution in [1.82, 2.24) is 5.43 Å². The number of hydrazone groups is 1. The first-order valence-electron chi connectivity index (χ1n) is 7.57. The zero-order valence-electron chi connectivity index (χ0n) is 13.3. The van der Waals surface area contributed by atoms with E-state index >= 15 is 0 Å². The third kappa shape index (κ3) is 5.31. The first kappa shape index (κ1) is 17.3. The molecule has 2 rings (SSSR count). The van der Waals surface area contributed by atoms with E-state index in [4.69, 9.17) is 0 Å². The number of hydrogen-bond acceptors (Lipinski definition) is 3. The highest BCUT2D eigenvalue weighted by Gasteiger charge is 2.05. The second-order valence-electron chi connectivity index (χ2n) is 5.13. The molecule has 0 aliphatic rings. The molecule has 0 fully saturated rings. The number of nitrogens with one attached hydrogen (secondary N) is 2. The number of rotatable bonds is 6. The summed E-state index contributed by atoms with van der Waals surface area (Å²) in [6.45, 7) is 1.93. The Morgan fingerprint density at radius 3 is 2.58 bits per heavy atom. The van der Waals surface area contributed by atoms with E-state index in [2.05, 4.69) is 15.8 Å². The van der Waals surface area contributed by atoms with Crippen LogP contribution in [0, 0.1) is 5.82 Å². The van der Waals surface area contributed by atoms with Gasteiger partial charge in [-0.3, -0.25) is 9.59 Å². The molecule has 2 N–H and O–H groups in total.